The summed E-state index contributed by atoms with van der Waals surface area (Å²) in [6.07, 6.45) is 0. The lowest BCUT2D eigenvalue weighted by Crippen LogP contribution is -2.11. The molecule has 0 saturated carbocycles. The van der Waals surface area contributed by atoms with Crippen LogP contribution in [0.25, 0.3) is 11.3 Å². The lowest BCUT2D eigenvalue weighted by atomic mass is 10.1. The first-order valence-electron chi connectivity index (χ1n) is 7.42. The Bertz CT molecular complexity index is 799. The van der Waals surface area contributed by atoms with Crippen LogP contribution in [0.5, 0.6) is 0 Å². The SMILES string of the molecule is Cc1ccc(CNCc2ccc(-c3ccc(Br)cc3Cl)o2)cc1.Cl. The molecule has 24 heavy (non-hydrogen) atoms. The molecule has 5 heteroatoms. The van der Waals surface area contributed by atoms with Gasteiger partial charge in [0, 0.05) is 16.6 Å². The van der Waals surface area contributed by atoms with Gasteiger partial charge in [0.2, 0.25) is 0 Å². The fourth-order valence-corrected chi connectivity index (χ4v) is 3.11. The van der Waals surface area contributed by atoms with Crippen molar-refractivity contribution >= 4 is 39.9 Å². The van der Waals surface area contributed by atoms with Crippen LogP contribution in [-0.4, -0.2) is 0 Å². The van der Waals surface area contributed by atoms with Gasteiger partial charge in [0.15, 0.2) is 0 Å². The van der Waals surface area contributed by atoms with Crippen molar-refractivity contribution in [2.75, 3.05) is 0 Å². The second-order valence-corrected chi connectivity index (χ2v) is 6.80. The molecule has 1 aromatic heterocycles. The summed E-state index contributed by atoms with van der Waals surface area (Å²) >= 11 is 9.67. The Morgan fingerprint density at radius 3 is 2.46 bits per heavy atom. The molecule has 0 spiro atoms. The zero-order valence-corrected chi connectivity index (χ0v) is 16.3. The van der Waals surface area contributed by atoms with Gasteiger partial charge in [0.25, 0.3) is 0 Å². The Kier molecular flexibility index (Phi) is 6.93. The predicted molar refractivity (Wildman–Crippen MR) is 106 cm³/mol. The summed E-state index contributed by atoms with van der Waals surface area (Å²) < 4.78 is 6.84. The molecule has 0 aliphatic carbocycles. The summed E-state index contributed by atoms with van der Waals surface area (Å²) in [6, 6.07) is 18.2. The van der Waals surface area contributed by atoms with Crippen molar-refractivity contribution in [3.63, 3.8) is 0 Å². The first-order chi connectivity index (χ1) is 11.1. The zero-order valence-electron chi connectivity index (χ0n) is 13.2. The predicted octanol–water partition coefficient (Wildman–Crippen LogP) is 6.38. The van der Waals surface area contributed by atoms with E-state index in [9.17, 15) is 0 Å². The van der Waals surface area contributed by atoms with Crippen LogP contribution in [0.2, 0.25) is 5.02 Å². The van der Waals surface area contributed by atoms with Gasteiger partial charge in [-0.05, 0) is 42.8 Å². The third-order valence-electron chi connectivity index (χ3n) is 3.61. The maximum absolute atomic E-state index is 6.26. The minimum Gasteiger partial charge on any atom is -0.460 e. The number of rotatable bonds is 5. The molecule has 0 bridgehead atoms. The Morgan fingerprint density at radius 1 is 1.00 bits per heavy atom. The third kappa shape index (κ3) is 4.87. The molecule has 2 aromatic carbocycles. The summed E-state index contributed by atoms with van der Waals surface area (Å²) in [7, 11) is 0. The van der Waals surface area contributed by atoms with Crippen molar-refractivity contribution in [3.05, 3.63) is 81.0 Å². The van der Waals surface area contributed by atoms with Gasteiger partial charge in [-0.25, -0.2) is 0 Å². The van der Waals surface area contributed by atoms with Gasteiger partial charge in [-0.2, -0.15) is 0 Å². The van der Waals surface area contributed by atoms with Crippen molar-refractivity contribution in [1.29, 1.82) is 0 Å². The fourth-order valence-electron chi connectivity index (χ4n) is 2.34. The Balaban J connectivity index is 0.00000208. The van der Waals surface area contributed by atoms with Crippen LogP contribution in [0.3, 0.4) is 0 Å². The molecule has 0 aliphatic heterocycles. The second kappa shape index (κ2) is 8.72. The van der Waals surface area contributed by atoms with Gasteiger partial charge in [-0.3, -0.25) is 0 Å². The molecule has 3 rings (SSSR count). The molecule has 1 N–H and O–H groups in total. The largest absolute Gasteiger partial charge is 0.460 e. The van der Waals surface area contributed by atoms with Crippen molar-refractivity contribution < 1.29 is 4.42 Å². The first kappa shape index (κ1) is 19.1. The molecule has 0 amide bonds. The van der Waals surface area contributed by atoms with E-state index in [1.165, 1.54) is 11.1 Å². The minimum atomic E-state index is 0. The average molecular weight is 427 g/mol. The molecule has 0 fully saturated rings. The highest BCUT2D eigenvalue weighted by atomic mass is 79.9. The second-order valence-electron chi connectivity index (χ2n) is 5.48. The molecule has 0 unspecified atom stereocenters. The summed E-state index contributed by atoms with van der Waals surface area (Å²) in [4.78, 5) is 0. The molecule has 0 aliphatic rings. The fraction of sp³-hybridized carbons (Fsp3) is 0.158. The average Bonchev–Trinajstić information content (AvgIpc) is 2.98. The van der Waals surface area contributed by atoms with Crippen molar-refractivity contribution in [2.45, 2.75) is 20.0 Å². The van der Waals surface area contributed by atoms with Gasteiger partial charge in [0.05, 0.1) is 11.6 Å². The van der Waals surface area contributed by atoms with Gasteiger partial charge >= 0.3 is 0 Å². The Labute approximate surface area is 161 Å². The van der Waals surface area contributed by atoms with Crippen LogP contribution in [0.1, 0.15) is 16.9 Å². The van der Waals surface area contributed by atoms with E-state index in [4.69, 9.17) is 16.0 Å². The number of nitrogens with one attached hydrogen (secondary N) is 1. The molecule has 3 aromatic rings. The molecular formula is C19H18BrCl2NO. The number of hydrogen-bond donors (Lipinski definition) is 1. The van der Waals surface area contributed by atoms with Crippen LogP contribution in [0, 0.1) is 6.92 Å². The van der Waals surface area contributed by atoms with Crippen molar-refractivity contribution in [1.82, 2.24) is 5.32 Å². The minimum absolute atomic E-state index is 0. The molecule has 1 heterocycles. The van der Waals surface area contributed by atoms with Crippen LogP contribution >= 0.6 is 39.9 Å². The van der Waals surface area contributed by atoms with Crippen molar-refractivity contribution in [3.8, 4) is 11.3 Å². The normalized spacial score (nSPS) is 10.5. The van der Waals surface area contributed by atoms with Crippen LogP contribution < -0.4 is 5.32 Å². The number of aryl methyl sites for hydroxylation is 1. The van der Waals surface area contributed by atoms with E-state index in [2.05, 4.69) is 52.4 Å². The maximum atomic E-state index is 6.26. The lowest BCUT2D eigenvalue weighted by molar-refractivity contribution is 0.493. The van der Waals surface area contributed by atoms with E-state index in [0.29, 0.717) is 11.6 Å². The molecule has 0 saturated heterocycles. The number of hydrogen-bond acceptors (Lipinski definition) is 2. The van der Waals surface area contributed by atoms with E-state index < -0.39 is 0 Å². The van der Waals surface area contributed by atoms with Gasteiger partial charge in [-0.1, -0.05) is 57.4 Å². The maximum Gasteiger partial charge on any atom is 0.135 e. The number of halogens is 3. The van der Waals surface area contributed by atoms with E-state index in [0.717, 1.165) is 28.1 Å². The van der Waals surface area contributed by atoms with E-state index in [1.54, 1.807) is 0 Å². The molecular weight excluding hydrogens is 409 g/mol. The van der Waals surface area contributed by atoms with E-state index >= 15 is 0 Å². The van der Waals surface area contributed by atoms with Crippen LogP contribution in [0.15, 0.2) is 63.5 Å². The van der Waals surface area contributed by atoms with Crippen LogP contribution in [0.4, 0.5) is 0 Å². The highest BCUT2D eigenvalue weighted by molar-refractivity contribution is 9.10. The topological polar surface area (TPSA) is 25.2 Å². The van der Waals surface area contributed by atoms with E-state index in [-0.39, 0.29) is 12.4 Å². The number of furan rings is 1. The highest BCUT2D eigenvalue weighted by Gasteiger charge is 2.09. The van der Waals surface area contributed by atoms with Crippen LogP contribution in [-0.2, 0) is 13.1 Å². The molecule has 0 atom stereocenters. The standard InChI is InChI=1S/C19H17BrClNO.ClH/c1-13-2-4-14(5-3-13)11-22-12-16-7-9-19(23-16)17-8-6-15(20)10-18(17)21;/h2-10,22H,11-12H2,1H3;1H. The molecule has 126 valence electrons. The lowest BCUT2D eigenvalue weighted by Gasteiger charge is -2.04. The quantitative estimate of drug-likeness (QED) is 0.511. The summed E-state index contributed by atoms with van der Waals surface area (Å²) in [5, 5.41) is 4.07. The van der Waals surface area contributed by atoms with Gasteiger partial charge < -0.3 is 9.73 Å². The van der Waals surface area contributed by atoms with Gasteiger partial charge in [0.1, 0.15) is 11.5 Å². The highest BCUT2D eigenvalue weighted by Crippen LogP contribution is 2.31. The van der Waals surface area contributed by atoms with Gasteiger partial charge in [-0.15, -0.1) is 12.4 Å². The first-order valence-corrected chi connectivity index (χ1v) is 8.59. The molecule has 0 radical (unpaired) electrons. The summed E-state index contributed by atoms with van der Waals surface area (Å²) in [5.41, 5.74) is 3.44. The van der Waals surface area contributed by atoms with E-state index in [1.807, 2.05) is 30.3 Å². The molecule has 2 nitrogen and oxygen atoms in total. The Hall–Kier alpha value is -1.26. The number of benzene rings is 2. The summed E-state index contributed by atoms with van der Waals surface area (Å²) in [6.45, 7) is 3.59. The Morgan fingerprint density at radius 2 is 1.75 bits per heavy atom. The third-order valence-corrected chi connectivity index (χ3v) is 4.41. The van der Waals surface area contributed by atoms with Crippen molar-refractivity contribution in [2.24, 2.45) is 0 Å². The smallest absolute Gasteiger partial charge is 0.135 e. The zero-order chi connectivity index (χ0) is 16.2. The summed E-state index contributed by atoms with van der Waals surface area (Å²) in [5.74, 6) is 1.68. The monoisotopic (exact) mass is 425 g/mol.